The number of ether oxygens (including phenoxy) is 1. The van der Waals surface area contributed by atoms with Gasteiger partial charge >= 0.3 is 12.4 Å². The summed E-state index contributed by atoms with van der Waals surface area (Å²) in [7, 11) is 0. The van der Waals surface area contributed by atoms with E-state index in [0.717, 1.165) is 0 Å². The van der Waals surface area contributed by atoms with Crippen molar-refractivity contribution in [3.8, 4) is 0 Å². The highest BCUT2D eigenvalue weighted by Gasteiger charge is 2.42. The van der Waals surface area contributed by atoms with Crippen molar-refractivity contribution in [1.82, 2.24) is 14.9 Å². The molecule has 0 saturated carbocycles. The van der Waals surface area contributed by atoms with Crippen LogP contribution in [0.25, 0.3) is 0 Å². The third-order valence-electron chi connectivity index (χ3n) is 6.67. The molecule has 0 bridgehead atoms. The van der Waals surface area contributed by atoms with Crippen molar-refractivity contribution in [3.05, 3.63) is 89.1 Å². The van der Waals surface area contributed by atoms with Crippen LogP contribution in [0, 0.1) is 12.7 Å². The first-order valence-electron chi connectivity index (χ1n) is 12.7. The van der Waals surface area contributed by atoms with Crippen LogP contribution in [0.15, 0.2) is 60.8 Å². The average Bonchev–Trinajstić information content (AvgIpc) is 3.31. The number of carbonyl (C=O) groups is 1. The second-order valence-electron chi connectivity index (χ2n) is 9.85. The van der Waals surface area contributed by atoms with E-state index in [9.17, 15) is 35.5 Å². The third kappa shape index (κ3) is 8.38. The van der Waals surface area contributed by atoms with Crippen LogP contribution in [0.3, 0.4) is 0 Å². The number of nitrogens with zero attached hydrogens (tertiary/aromatic N) is 3. The van der Waals surface area contributed by atoms with E-state index in [1.165, 1.54) is 12.1 Å². The molecule has 2 saturated heterocycles. The summed E-state index contributed by atoms with van der Waals surface area (Å²) in [6.45, 7) is 1.57. The van der Waals surface area contributed by atoms with E-state index < -0.39 is 36.2 Å². The molecule has 1 amide bonds. The molecule has 3 atom stereocenters. The van der Waals surface area contributed by atoms with Gasteiger partial charge in [0.05, 0.1) is 23.8 Å². The van der Waals surface area contributed by atoms with Crippen molar-refractivity contribution in [1.29, 1.82) is 0 Å². The second kappa shape index (κ2) is 12.4. The van der Waals surface area contributed by atoms with Crippen molar-refractivity contribution < 1.29 is 40.3 Å². The molecule has 220 valence electrons. The van der Waals surface area contributed by atoms with Crippen molar-refractivity contribution in [3.63, 3.8) is 0 Å². The first-order valence-corrected chi connectivity index (χ1v) is 12.7. The summed E-state index contributed by atoms with van der Waals surface area (Å²) in [5.74, 6) is 0.924. The molecule has 0 radical (unpaired) electrons. The molecule has 0 spiro atoms. The maximum atomic E-state index is 13.1. The molecule has 3 aromatic rings. The number of rotatable bonds is 5. The lowest BCUT2D eigenvalue weighted by atomic mass is 9.97. The van der Waals surface area contributed by atoms with Crippen molar-refractivity contribution in [2.24, 2.45) is 0 Å². The largest absolute Gasteiger partial charge is 0.416 e. The molecule has 1 N–H and O–H groups in total. The Kier molecular flexibility index (Phi) is 9.15. The Morgan fingerprint density at radius 3 is 2.20 bits per heavy atom. The van der Waals surface area contributed by atoms with Gasteiger partial charge in [0, 0.05) is 31.2 Å². The summed E-state index contributed by atoms with van der Waals surface area (Å²) in [6.07, 6.45) is -7.40. The standard InChI is InChI=1S/C22H22F6N4O2.C6H5F/c1-12-29-3-2-19(30-12)31-16-7-17-9-18(10-32(17)20(33)8-16)34-11-13-4-14(21(23,24)25)6-15(5-13)22(26,27)28;7-6-4-2-1-3-5-6/h2-6,16-18H,7-11H2,1H3,(H,29,30,31);1-5H. The van der Waals surface area contributed by atoms with E-state index in [4.69, 9.17) is 4.74 Å². The summed E-state index contributed by atoms with van der Waals surface area (Å²) >= 11 is 0. The summed E-state index contributed by atoms with van der Waals surface area (Å²) < 4.78 is 96.0. The smallest absolute Gasteiger partial charge is 0.372 e. The zero-order valence-corrected chi connectivity index (χ0v) is 21.8. The van der Waals surface area contributed by atoms with Gasteiger partial charge in [0.2, 0.25) is 5.91 Å². The highest BCUT2D eigenvalue weighted by atomic mass is 19.4. The Bertz CT molecular complexity index is 1300. The Morgan fingerprint density at radius 1 is 0.976 bits per heavy atom. The van der Waals surface area contributed by atoms with Crippen LogP contribution in [0.5, 0.6) is 0 Å². The van der Waals surface area contributed by atoms with Gasteiger partial charge in [-0.3, -0.25) is 4.79 Å². The lowest BCUT2D eigenvalue weighted by Gasteiger charge is -2.34. The number of aryl methyl sites for hydroxylation is 1. The third-order valence-corrected chi connectivity index (χ3v) is 6.67. The number of hydrogen-bond acceptors (Lipinski definition) is 5. The van der Waals surface area contributed by atoms with E-state index in [0.29, 0.717) is 36.6 Å². The molecule has 2 aliphatic rings. The monoisotopic (exact) mass is 584 g/mol. The Balaban J connectivity index is 0.000000483. The van der Waals surface area contributed by atoms with Gasteiger partial charge in [0.15, 0.2) is 0 Å². The summed E-state index contributed by atoms with van der Waals surface area (Å²) in [4.78, 5) is 22.6. The number of fused-ring (bicyclic) bond motifs is 1. The second-order valence-corrected chi connectivity index (χ2v) is 9.85. The molecule has 0 aliphatic carbocycles. The quantitative estimate of drug-likeness (QED) is 0.351. The maximum Gasteiger partial charge on any atom is 0.416 e. The topological polar surface area (TPSA) is 67.4 Å². The molecule has 5 rings (SSSR count). The van der Waals surface area contributed by atoms with Gasteiger partial charge in [-0.2, -0.15) is 26.3 Å². The van der Waals surface area contributed by atoms with E-state index >= 15 is 0 Å². The Morgan fingerprint density at radius 2 is 1.63 bits per heavy atom. The number of amides is 1. The number of piperidine rings is 1. The molecular weight excluding hydrogens is 557 g/mol. The maximum absolute atomic E-state index is 13.1. The fourth-order valence-electron chi connectivity index (χ4n) is 4.85. The molecule has 3 heterocycles. The first-order chi connectivity index (χ1) is 19.3. The van der Waals surface area contributed by atoms with Crippen LogP contribution in [0.2, 0.25) is 0 Å². The van der Waals surface area contributed by atoms with Crippen LogP contribution in [0.4, 0.5) is 36.6 Å². The molecule has 13 heteroatoms. The van der Waals surface area contributed by atoms with Gasteiger partial charge < -0.3 is 15.0 Å². The molecule has 1 aromatic heterocycles. The summed E-state index contributed by atoms with van der Waals surface area (Å²) in [5, 5.41) is 3.23. The lowest BCUT2D eigenvalue weighted by Crippen LogP contribution is -2.46. The predicted octanol–water partition coefficient (Wildman–Crippen LogP) is 6.41. The van der Waals surface area contributed by atoms with Crippen LogP contribution in [-0.2, 0) is 28.5 Å². The number of halogens is 7. The van der Waals surface area contributed by atoms with E-state index in [-0.39, 0.29) is 48.4 Å². The fourth-order valence-corrected chi connectivity index (χ4v) is 4.85. The molecular formula is C28H27F7N4O2. The van der Waals surface area contributed by atoms with Crippen LogP contribution < -0.4 is 5.32 Å². The van der Waals surface area contributed by atoms with E-state index in [1.807, 2.05) is 0 Å². The average molecular weight is 585 g/mol. The number of carbonyl (C=O) groups excluding carboxylic acids is 1. The summed E-state index contributed by atoms with van der Waals surface area (Å²) in [5.41, 5.74) is -2.99. The fraction of sp³-hybridized carbons (Fsp3) is 0.393. The number of aromatic nitrogens is 2. The molecule has 6 nitrogen and oxygen atoms in total. The van der Waals surface area contributed by atoms with Gasteiger partial charge in [0.1, 0.15) is 17.5 Å². The van der Waals surface area contributed by atoms with Gasteiger partial charge in [0.25, 0.3) is 0 Å². The lowest BCUT2D eigenvalue weighted by molar-refractivity contribution is -0.143. The first kappa shape index (κ1) is 30.2. The number of benzene rings is 2. The molecule has 2 aromatic carbocycles. The van der Waals surface area contributed by atoms with Gasteiger partial charge in [-0.05, 0) is 61.7 Å². The van der Waals surface area contributed by atoms with Crippen molar-refractivity contribution >= 4 is 11.7 Å². The Hall–Kier alpha value is -3.74. The van der Waals surface area contributed by atoms with Gasteiger partial charge in [-0.25, -0.2) is 14.4 Å². The van der Waals surface area contributed by atoms with Crippen molar-refractivity contribution in [2.75, 3.05) is 11.9 Å². The zero-order chi connectivity index (χ0) is 29.8. The number of nitrogens with one attached hydrogen (secondary N) is 1. The number of anilines is 1. The number of alkyl halides is 6. The van der Waals surface area contributed by atoms with E-state index in [2.05, 4.69) is 15.3 Å². The minimum atomic E-state index is -4.92. The highest BCUT2D eigenvalue weighted by Crippen LogP contribution is 2.37. The van der Waals surface area contributed by atoms with Crippen LogP contribution in [0.1, 0.15) is 41.8 Å². The normalized spacial score (nSPS) is 20.7. The summed E-state index contributed by atoms with van der Waals surface area (Å²) in [6, 6.07) is 10.8. The minimum absolute atomic E-state index is 0.0876. The number of hydrogen-bond donors (Lipinski definition) is 1. The molecule has 2 fully saturated rings. The van der Waals surface area contributed by atoms with Crippen LogP contribution in [-0.4, -0.2) is 45.5 Å². The molecule has 2 aliphatic heterocycles. The highest BCUT2D eigenvalue weighted by molar-refractivity contribution is 5.79. The Labute approximate surface area is 231 Å². The molecule has 41 heavy (non-hydrogen) atoms. The van der Waals surface area contributed by atoms with Crippen molar-refractivity contribution in [2.45, 2.75) is 63.3 Å². The molecule has 3 unspecified atom stereocenters. The van der Waals surface area contributed by atoms with Crippen LogP contribution >= 0.6 is 0 Å². The SMILES string of the molecule is Cc1nccc(NC2CC(=O)N3CC(OCc4cc(C(F)(F)F)cc(C(F)(F)F)c4)CC3C2)n1.Fc1ccccc1. The van der Waals surface area contributed by atoms with E-state index in [1.54, 1.807) is 42.3 Å². The zero-order valence-electron chi connectivity index (χ0n) is 21.8. The minimum Gasteiger partial charge on any atom is -0.372 e. The van der Waals surface area contributed by atoms with Gasteiger partial charge in [-0.1, -0.05) is 18.2 Å². The predicted molar refractivity (Wildman–Crippen MR) is 135 cm³/mol. The van der Waals surface area contributed by atoms with Gasteiger partial charge in [-0.15, -0.1) is 0 Å².